The Labute approximate surface area is 232 Å². The minimum absolute atomic E-state index is 0.0496. The molecule has 0 spiro atoms. The largest absolute Gasteiger partial charge is 0.508 e. The minimum atomic E-state index is -0.857. The van der Waals surface area contributed by atoms with Crippen LogP contribution in [0.5, 0.6) is 5.75 Å². The number of piperazine rings is 1. The van der Waals surface area contributed by atoms with Crippen LogP contribution in [0.15, 0.2) is 79.1 Å². The number of amides is 4. The Hall–Kier alpha value is -4.88. The standard InChI is InChI=1S/C30H30N6O4/c1-2-15-34-21-28(38)35-26(16-22-10-12-25(37)13-11-22)29(39)33(19-24-9-6-14-31-17-24)20-27(35)36(34)30(40)32-18-23-7-4-3-5-8-23/h1,3-14,17,26-27,37H,15-16,18-21H2,(H,32,40)/t26-,27-/m0/s1. The summed E-state index contributed by atoms with van der Waals surface area (Å²) >= 11 is 0. The SMILES string of the molecule is C#CCN1CC(=O)N2[C@@H](Cc3ccc(O)cc3)C(=O)N(Cc3cccnc3)C[C@@H]2N1C(=O)NCc1ccccc1. The molecule has 3 heterocycles. The topological polar surface area (TPSA) is 109 Å². The number of hydrogen-bond acceptors (Lipinski definition) is 6. The van der Waals surface area contributed by atoms with E-state index in [9.17, 15) is 19.5 Å². The second-order valence-corrected chi connectivity index (χ2v) is 9.76. The molecule has 0 bridgehead atoms. The van der Waals surface area contributed by atoms with Gasteiger partial charge < -0.3 is 20.2 Å². The first-order valence-electron chi connectivity index (χ1n) is 13.0. The van der Waals surface area contributed by atoms with Gasteiger partial charge in [0.05, 0.1) is 19.6 Å². The van der Waals surface area contributed by atoms with E-state index in [1.807, 2.05) is 36.4 Å². The number of carbonyl (C=O) groups is 3. The zero-order chi connectivity index (χ0) is 28.1. The van der Waals surface area contributed by atoms with Crippen LogP contribution in [-0.2, 0) is 29.1 Å². The molecule has 2 aromatic carbocycles. The average Bonchev–Trinajstić information content (AvgIpc) is 2.96. The summed E-state index contributed by atoms with van der Waals surface area (Å²) in [6.07, 6.45) is 8.42. The molecule has 3 aromatic rings. The van der Waals surface area contributed by atoms with Crippen molar-refractivity contribution in [3.8, 4) is 18.1 Å². The molecule has 2 atom stereocenters. The molecule has 0 unspecified atom stereocenters. The van der Waals surface area contributed by atoms with Crippen molar-refractivity contribution in [2.45, 2.75) is 31.7 Å². The number of hydrazine groups is 1. The van der Waals surface area contributed by atoms with E-state index in [2.05, 4.69) is 16.2 Å². The molecular formula is C30H30N6O4. The zero-order valence-electron chi connectivity index (χ0n) is 21.9. The summed E-state index contributed by atoms with van der Waals surface area (Å²) in [5, 5.41) is 15.7. The maximum absolute atomic E-state index is 13.9. The number of nitrogens with zero attached hydrogens (tertiary/aromatic N) is 5. The average molecular weight is 539 g/mol. The number of hydrogen-bond donors (Lipinski definition) is 2. The molecule has 10 nitrogen and oxygen atoms in total. The van der Waals surface area contributed by atoms with Crippen LogP contribution in [0.4, 0.5) is 4.79 Å². The summed E-state index contributed by atoms with van der Waals surface area (Å²) < 4.78 is 0. The molecule has 0 radical (unpaired) electrons. The quantitative estimate of drug-likeness (QED) is 0.446. The Morgan fingerprint density at radius 1 is 1.02 bits per heavy atom. The van der Waals surface area contributed by atoms with Crippen LogP contribution in [0.2, 0.25) is 0 Å². The number of nitrogens with one attached hydrogen (secondary N) is 1. The van der Waals surface area contributed by atoms with Crippen molar-refractivity contribution >= 4 is 17.8 Å². The second kappa shape index (κ2) is 11.9. The Morgan fingerprint density at radius 2 is 1.77 bits per heavy atom. The predicted octanol–water partition coefficient (Wildman–Crippen LogP) is 1.97. The number of phenolic OH excluding ortho intramolecular Hbond substituents is 1. The fourth-order valence-electron chi connectivity index (χ4n) is 5.20. The molecule has 0 aliphatic carbocycles. The van der Waals surface area contributed by atoms with E-state index >= 15 is 0 Å². The highest BCUT2D eigenvalue weighted by Gasteiger charge is 2.51. The van der Waals surface area contributed by atoms with Crippen molar-refractivity contribution in [1.29, 1.82) is 0 Å². The van der Waals surface area contributed by atoms with E-state index in [0.717, 1.165) is 16.7 Å². The van der Waals surface area contributed by atoms with Crippen LogP contribution >= 0.6 is 0 Å². The summed E-state index contributed by atoms with van der Waals surface area (Å²) in [6.45, 7) is 0.572. The summed E-state index contributed by atoms with van der Waals surface area (Å²) in [6, 6.07) is 18.4. The fourth-order valence-corrected chi connectivity index (χ4v) is 5.20. The Kier molecular flexibility index (Phi) is 7.94. The van der Waals surface area contributed by atoms with Gasteiger partial charge in [-0.2, -0.15) is 5.01 Å². The summed E-state index contributed by atoms with van der Waals surface area (Å²) in [4.78, 5) is 48.5. The number of fused-ring (bicyclic) bond motifs is 1. The highest BCUT2D eigenvalue weighted by molar-refractivity contribution is 5.91. The summed E-state index contributed by atoms with van der Waals surface area (Å²) in [5.74, 6) is 2.14. The van der Waals surface area contributed by atoms with Crippen LogP contribution < -0.4 is 5.32 Å². The van der Waals surface area contributed by atoms with Gasteiger partial charge in [-0.3, -0.25) is 14.6 Å². The lowest BCUT2D eigenvalue weighted by Gasteiger charge is -2.55. The number of urea groups is 1. The number of aromatic hydroxyl groups is 1. The molecule has 1 aromatic heterocycles. The predicted molar refractivity (Wildman–Crippen MR) is 147 cm³/mol. The van der Waals surface area contributed by atoms with Crippen LogP contribution in [0, 0.1) is 12.3 Å². The zero-order valence-corrected chi connectivity index (χ0v) is 21.9. The van der Waals surface area contributed by atoms with Gasteiger partial charge in [0.1, 0.15) is 18.0 Å². The van der Waals surface area contributed by atoms with E-state index in [-0.39, 0.29) is 56.7 Å². The second-order valence-electron chi connectivity index (χ2n) is 9.76. The molecule has 2 saturated heterocycles. The third kappa shape index (κ3) is 5.75. The Morgan fingerprint density at radius 3 is 2.48 bits per heavy atom. The fraction of sp³-hybridized carbons (Fsp3) is 0.267. The third-order valence-corrected chi connectivity index (χ3v) is 7.06. The summed E-state index contributed by atoms with van der Waals surface area (Å²) in [7, 11) is 0. The molecule has 2 aliphatic heterocycles. The van der Waals surface area contributed by atoms with E-state index in [4.69, 9.17) is 6.42 Å². The molecule has 0 saturated carbocycles. The maximum atomic E-state index is 13.9. The van der Waals surface area contributed by atoms with Crippen LogP contribution in [-0.4, -0.2) is 79.6 Å². The molecule has 5 rings (SSSR count). The monoisotopic (exact) mass is 538 g/mol. The molecule has 204 valence electrons. The molecule has 4 amide bonds. The van der Waals surface area contributed by atoms with Gasteiger partial charge in [-0.25, -0.2) is 9.80 Å². The van der Waals surface area contributed by atoms with Crippen LogP contribution in [0.25, 0.3) is 0 Å². The van der Waals surface area contributed by atoms with Gasteiger partial charge in [0.15, 0.2) is 0 Å². The minimum Gasteiger partial charge on any atom is -0.508 e. The summed E-state index contributed by atoms with van der Waals surface area (Å²) in [5.41, 5.74) is 2.53. The van der Waals surface area contributed by atoms with Gasteiger partial charge in [0.2, 0.25) is 11.8 Å². The smallest absolute Gasteiger partial charge is 0.334 e. The first kappa shape index (κ1) is 26.7. The molecule has 2 aliphatic rings. The van der Waals surface area contributed by atoms with E-state index in [1.54, 1.807) is 52.6 Å². The van der Waals surface area contributed by atoms with Crippen molar-refractivity contribution in [3.63, 3.8) is 0 Å². The van der Waals surface area contributed by atoms with E-state index < -0.39 is 18.2 Å². The lowest BCUT2D eigenvalue weighted by Crippen LogP contribution is -2.76. The van der Waals surface area contributed by atoms with Crippen molar-refractivity contribution in [2.24, 2.45) is 0 Å². The van der Waals surface area contributed by atoms with Gasteiger partial charge in [0.25, 0.3) is 0 Å². The first-order chi connectivity index (χ1) is 19.4. The molecule has 10 heteroatoms. The highest BCUT2D eigenvalue weighted by atomic mass is 16.3. The van der Waals surface area contributed by atoms with Gasteiger partial charge in [-0.1, -0.05) is 54.5 Å². The molecular weight excluding hydrogens is 508 g/mol. The number of aromatic nitrogens is 1. The number of pyridine rings is 1. The third-order valence-electron chi connectivity index (χ3n) is 7.06. The van der Waals surface area contributed by atoms with Crippen molar-refractivity contribution in [3.05, 3.63) is 95.8 Å². The number of carbonyl (C=O) groups excluding carboxylic acids is 3. The van der Waals surface area contributed by atoms with Crippen molar-refractivity contribution in [2.75, 3.05) is 19.6 Å². The molecule has 2 N–H and O–H groups in total. The van der Waals surface area contributed by atoms with E-state index in [1.165, 1.54) is 9.91 Å². The molecule has 40 heavy (non-hydrogen) atoms. The number of terminal acetylenes is 1. The molecule has 2 fully saturated rings. The lowest BCUT2D eigenvalue weighted by molar-refractivity contribution is -0.189. The Bertz CT molecular complexity index is 1390. The van der Waals surface area contributed by atoms with Gasteiger partial charge in [0, 0.05) is 31.9 Å². The van der Waals surface area contributed by atoms with Gasteiger partial charge >= 0.3 is 6.03 Å². The number of phenols is 1. The van der Waals surface area contributed by atoms with Crippen molar-refractivity contribution in [1.82, 2.24) is 30.1 Å². The lowest BCUT2D eigenvalue weighted by atomic mass is 9.98. The van der Waals surface area contributed by atoms with Gasteiger partial charge in [-0.05, 0) is 34.9 Å². The number of rotatable bonds is 7. The first-order valence-corrected chi connectivity index (χ1v) is 13.0. The Balaban J connectivity index is 1.49. The maximum Gasteiger partial charge on any atom is 0.334 e. The van der Waals surface area contributed by atoms with Crippen LogP contribution in [0.3, 0.4) is 0 Å². The normalized spacial score (nSPS) is 19.2. The highest BCUT2D eigenvalue weighted by Crippen LogP contribution is 2.29. The number of benzene rings is 2. The van der Waals surface area contributed by atoms with E-state index in [0.29, 0.717) is 0 Å². The van der Waals surface area contributed by atoms with Crippen LogP contribution in [0.1, 0.15) is 16.7 Å². The van der Waals surface area contributed by atoms with Gasteiger partial charge in [-0.15, -0.1) is 6.42 Å². The van der Waals surface area contributed by atoms with Crippen molar-refractivity contribution < 1.29 is 19.5 Å².